The first-order valence-corrected chi connectivity index (χ1v) is 6.32. The molecule has 0 bridgehead atoms. The van der Waals surface area contributed by atoms with Crippen molar-refractivity contribution in [2.45, 2.75) is 18.9 Å². The molecule has 0 unspecified atom stereocenters. The Morgan fingerprint density at radius 3 is 2.79 bits per heavy atom. The van der Waals surface area contributed by atoms with E-state index in [0.717, 1.165) is 11.3 Å². The maximum absolute atomic E-state index is 9.17. The summed E-state index contributed by atoms with van der Waals surface area (Å²) in [6, 6.07) is 12.1. The van der Waals surface area contributed by atoms with Crippen LogP contribution in [0.2, 0.25) is 0 Å². The summed E-state index contributed by atoms with van der Waals surface area (Å²) in [6.45, 7) is 2.41. The third kappa shape index (κ3) is 3.40. The van der Waals surface area contributed by atoms with Crippen molar-refractivity contribution in [3.05, 3.63) is 59.8 Å². The molecule has 0 saturated carbocycles. The molecule has 1 aromatic carbocycles. The highest BCUT2D eigenvalue weighted by molar-refractivity contribution is 5.80. The van der Waals surface area contributed by atoms with Gasteiger partial charge in [-0.1, -0.05) is 36.4 Å². The SMILES string of the molecule is CCO[C@@]1(C#N)C=CC(N=Cc2ccccc2)=CC1. The molecule has 0 saturated heterocycles. The minimum absolute atomic E-state index is 0.522. The Bertz CT molecular complexity index is 552. The van der Waals surface area contributed by atoms with Crippen molar-refractivity contribution < 1.29 is 4.74 Å². The van der Waals surface area contributed by atoms with Crippen molar-refractivity contribution in [2.75, 3.05) is 6.61 Å². The number of hydrogen-bond acceptors (Lipinski definition) is 3. The van der Waals surface area contributed by atoms with Crippen LogP contribution in [0.1, 0.15) is 18.9 Å². The van der Waals surface area contributed by atoms with E-state index in [0.29, 0.717) is 13.0 Å². The van der Waals surface area contributed by atoms with Gasteiger partial charge in [-0.25, -0.2) is 0 Å². The van der Waals surface area contributed by atoms with Crippen molar-refractivity contribution in [2.24, 2.45) is 4.99 Å². The summed E-state index contributed by atoms with van der Waals surface area (Å²) >= 11 is 0. The molecule has 0 spiro atoms. The molecule has 1 aromatic rings. The van der Waals surface area contributed by atoms with Crippen molar-refractivity contribution in [3.8, 4) is 6.07 Å². The molecule has 0 fully saturated rings. The molecule has 1 atom stereocenters. The molecule has 1 aliphatic carbocycles. The Kier molecular flexibility index (Phi) is 4.27. The van der Waals surface area contributed by atoms with Crippen LogP contribution in [-0.4, -0.2) is 18.4 Å². The molecule has 0 N–H and O–H groups in total. The lowest BCUT2D eigenvalue weighted by molar-refractivity contribution is 0.0436. The second-order valence-electron chi connectivity index (χ2n) is 4.27. The van der Waals surface area contributed by atoms with Gasteiger partial charge in [0.15, 0.2) is 5.60 Å². The van der Waals surface area contributed by atoms with Gasteiger partial charge in [-0.15, -0.1) is 0 Å². The highest BCUT2D eigenvalue weighted by atomic mass is 16.5. The highest BCUT2D eigenvalue weighted by Crippen LogP contribution is 2.24. The molecule has 0 aliphatic heterocycles. The third-order valence-corrected chi connectivity index (χ3v) is 2.89. The zero-order valence-corrected chi connectivity index (χ0v) is 10.9. The average molecular weight is 252 g/mol. The second kappa shape index (κ2) is 6.12. The van der Waals surface area contributed by atoms with Gasteiger partial charge in [0.2, 0.25) is 0 Å². The van der Waals surface area contributed by atoms with E-state index in [-0.39, 0.29) is 0 Å². The molecule has 96 valence electrons. The van der Waals surface area contributed by atoms with E-state index in [1.807, 2.05) is 55.6 Å². The summed E-state index contributed by atoms with van der Waals surface area (Å²) < 4.78 is 5.49. The van der Waals surface area contributed by atoms with Gasteiger partial charge in [0.25, 0.3) is 0 Å². The number of nitriles is 1. The fourth-order valence-electron chi connectivity index (χ4n) is 1.88. The number of rotatable bonds is 4. The van der Waals surface area contributed by atoms with Gasteiger partial charge in [0.05, 0.1) is 5.70 Å². The zero-order valence-electron chi connectivity index (χ0n) is 10.9. The van der Waals surface area contributed by atoms with Gasteiger partial charge in [-0.3, -0.25) is 4.99 Å². The number of hydrogen-bond donors (Lipinski definition) is 0. The Morgan fingerprint density at radius 1 is 1.42 bits per heavy atom. The van der Waals surface area contributed by atoms with Crippen LogP contribution in [0.25, 0.3) is 0 Å². The average Bonchev–Trinajstić information content (AvgIpc) is 2.48. The molecule has 1 aliphatic rings. The maximum Gasteiger partial charge on any atom is 0.176 e. The first-order valence-electron chi connectivity index (χ1n) is 6.32. The predicted molar refractivity (Wildman–Crippen MR) is 75.8 cm³/mol. The molecular weight excluding hydrogens is 236 g/mol. The molecule has 19 heavy (non-hydrogen) atoms. The van der Waals surface area contributed by atoms with Crippen molar-refractivity contribution in [1.82, 2.24) is 0 Å². The lowest BCUT2D eigenvalue weighted by Gasteiger charge is -2.23. The summed E-state index contributed by atoms with van der Waals surface area (Å²) in [4.78, 5) is 4.40. The Labute approximate surface area is 113 Å². The monoisotopic (exact) mass is 252 g/mol. The van der Waals surface area contributed by atoms with Crippen LogP contribution in [0.5, 0.6) is 0 Å². The Morgan fingerprint density at radius 2 is 2.21 bits per heavy atom. The lowest BCUT2D eigenvalue weighted by atomic mass is 9.95. The summed E-state index contributed by atoms with van der Waals surface area (Å²) in [5, 5.41) is 9.17. The second-order valence-corrected chi connectivity index (χ2v) is 4.27. The van der Waals surface area contributed by atoms with E-state index in [1.54, 1.807) is 6.08 Å². The molecule has 0 heterocycles. The van der Waals surface area contributed by atoms with Gasteiger partial charge in [-0.2, -0.15) is 5.26 Å². The van der Waals surface area contributed by atoms with Crippen LogP contribution in [0.15, 0.2) is 59.2 Å². The topological polar surface area (TPSA) is 45.4 Å². The first-order chi connectivity index (χ1) is 9.28. The molecule has 0 aromatic heterocycles. The molecule has 0 amide bonds. The van der Waals surface area contributed by atoms with Crippen LogP contribution in [0.3, 0.4) is 0 Å². The maximum atomic E-state index is 9.17. The predicted octanol–water partition coefficient (Wildman–Crippen LogP) is 3.25. The van der Waals surface area contributed by atoms with Crippen molar-refractivity contribution in [3.63, 3.8) is 0 Å². The van der Waals surface area contributed by atoms with E-state index in [1.165, 1.54) is 0 Å². The molecule has 2 rings (SSSR count). The van der Waals surface area contributed by atoms with E-state index >= 15 is 0 Å². The van der Waals surface area contributed by atoms with E-state index in [4.69, 9.17) is 4.74 Å². The minimum atomic E-state index is -0.819. The van der Waals surface area contributed by atoms with Gasteiger partial charge in [0, 0.05) is 19.2 Å². The van der Waals surface area contributed by atoms with Crippen LogP contribution < -0.4 is 0 Å². The van der Waals surface area contributed by atoms with E-state index in [2.05, 4.69) is 11.1 Å². The Hall–Kier alpha value is -2.18. The fraction of sp³-hybridized carbons (Fsp3) is 0.250. The molecule has 0 radical (unpaired) electrons. The molecule has 3 heteroatoms. The van der Waals surface area contributed by atoms with Gasteiger partial charge in [0.1, 0.15) is 6.07 Å². The largest absolute Gasteiger partial charge is 0.356 e. The number of ether oxygens (including phenoxy) is 1. The highest BCUT2D eigenvalue weighted by Gasteiger charge is 2.28. The van der Waals surface area contributed by atoms with Crippen LogP contribution in [-0.2, 0) is 4.74 Å². The number of benzene rings is 1. The Balaban J connectivity index is 2.05. The number of nitrogens with zero attached hydrogens (tertiary/aromatic N) is 2. The van der Waals surface area contributed by atoms with Gasteiger partial charge < -0.3 is 4.74 Å². The minimum Gasteiger partial charge on any atom is -0.356 e. The number of aliphatic imine (C=N–C) groups is 1. The third-order valence-electron chi connectivity index (χ3n) is 2.89. The lowest BCUT2D eigenvalue weighted by Crippen LogP contribution is -2.29. The fourth-order valence-corrected chi connectivity index (χ4v) is 1.88. The zero-order chi connectivity index (χ0) is 13.6. The number of allylic oxidation sites excluding steroid dienone is 1. The van der Waals surface area contributed by atoms with E-state index < -0.39 is 5.60 Å². The normalized spacial score (nSPS) is 22.2. The molecule has 3 nitrogen and oxygen atoms in total. The smallest absolute Gasteiger partial charge is 0.176 e. The van der Waals surface area contributed by atoms with Crippen molar-refractivity contribution >= 4 is 6.21 Å². The molecular formula is C16H16N2O. The van der Waals surface area contributed by atoms with Crippen LogP contribution in [0, 0.1) is 11.3 Å². The van der Waals surface area contributed by atoms with E-state index in [9.17, 15) is 5.26 Å². The van der Waals surface area contributed by atoms with Crippen LogP contribution >= 0.6 is 0 Å². The first kappa shape index (κ1) is 13.3. The summed E-state index contributed by atoms with van der Waals surface area (Å²) in [6.07, 6.45) is 7.90. The van der Waals surface area contributed by atoms with Gasteiger partial charge in [-0.05, 0) is 24.6 Å². The van der Waals surface area contributed by atoms with Crippen molar-refractivity contribution in [1.29, 1.82) is 5.26 Å². The summed E-state index contributed by atoms with van der Waals surface area (Å²) in [7, 11) is 0. The van der Waals surface area contributed by atoms with Crippen LogP contribution in [0.4, 0.5) is 0 Å². The quantitative estimate of drug-likeness (QED) is 0.772. The summed E-state index contributed by atoms with van der Waals surface area (Å²) in [5.41, 5.74) is 1.09. The summed E-state index contributed by atoms with van der Waals surface area (Å²) in [5.74, 6) is 0. The van der Waals surface area contributed by atoms with Gasteiger partial charge >= 0.3 is 0 Å². The standard InChI is InChI=1S/C16H16N2O/c1-2-19-16(13-17)10-8-15(9-11-16)18-12-14-6-4-3-5-7-14/h3-10,12H,2,11H2,1H3/t16-/m0/s1.